The van der Waals surface area contributed by atoms with E-state index >= 15 is 0 Å². The molecule has 0 bridgehead atoms. The topological polar surface area (TPSA) is 60.7 Å². The third kappa shape index (κ3) is 2.08. The lowest BCUT2D eigenvalue weighted by Gasteiger charge is -2.46. The van der Waals surface area contributed by atoms with E-state index < -0.39 is 18.3 Å². The maximum absolute atomic E-state index is 9.97. The summed E-state index contributed by atoms with van der Waals surface area (Å²) >= 11 is 0. The molecule has 1 aliphatic rings. The lowest BCUT2D eigenvalue weighted by Crippen LogP contribution is -2.65. The zero-order valence-electron chi connectivity index (χ0n) is 9.38. The van der Waals surface area contributed by atoms with Gasteiger partial charge in [-0.3, -0.25) is 0 Å². The summed E-state index contributed by atoms with van der Waals surface area (Å²) in [7, 11) is 5.76. The van der Waals surface area contributed by atoms with E-state index in [4.69, 9.17) is 0 Å². The van der Waals surface area contributed by atoms with Gasteiger partial charge in [0.15, 0.2) is 0 Å². The molecule has 0 heterocycles. The highest BCUT2D eigenvalue weighted by atomic mass is 16.3. The zero-order valence-corrected chi connectivity index (χ0v) is 9.38. The van der Waals surface area contributed by atoms with Gasteiger partial charge in [0.2, 0.25) is 0 Å². The summed E-state index contributed by atoms with van der Waals surface area (Å²) in [5.41, 5.74) is 0. The highest BCUT2D eigenvalue weighted by Crippen LogP contribution is 2.29. The number of aliphatic hydroxyl groups is 3. The third-order valence-electron chi connectivity index (χ3n) is 3.18. The second kappa shape index (κ2) is 3.77. The fourth-order valence-corrected chi connectivity index (χ4v) is 2.34. The molecule has 0 amide bonds. The second-order valence-corrected chi connectivity index (χ2v) is 5.37. The predicted molar refractivity (Wildman–Crippen MR) is 53.6 cm³/mol. The molecule has 0 aromatic carbocycles. The Morgan fingerprint density at radius 2 is 1.50 bits per heavy atom. The fraction of sp³-hybridized carbons (Fsp3) is 1.00. The highest BCUT2D eigenvalue weighted by molar-refractivity contribution is 4.91. The van der Waals surface area contributed by atoms with Gasteiger partial charge >= 0.3 is 0 Å². The molecule has 0 spiro atoms. The Hall–Kier alpha value is -0.160. The molecule has 4 unspecified atom stereocenters. The van der Waals surface area contributed by atoms with Crippen molar-refractivity contribution in [2.75, 3.05) is 21.1 Å². The quantitative estimate of drug-likeness (QED) is 0.489. The van der Waals surface area contributed by atoms with E-state index in [9.17, 15) is 15.3 Å². The van der Waals surface area contributed by atoms with Gasteiger partial charge in [-0.15, -0.1) is 0 Å². The molecule has 14 heavy (non-hydrogen) atoms. The zero-order chi connectivity index (χ0) is 11.1. The molecular formula is C10H22NO3+. The smallest absolute Gasteiger partial charge is 0.144 e. The molecule has 4 heteroatoms. The average molecular weight is 204 g/mol. The van der Waals surface area contributed by atoms with Crippen LogP contribution in [0.15, 0.2) is 0 Å². The van der Waals surface area contributed by atoms with Gasteiger partial charge < -0.3 is 19.8 Å². The van der Waals surface area contributed by atoms with Crippen molar-refractivity contribution in [1.29, 1.82) is 0 Å². The minimum atomic E-state index is -0.832. The van der Waals surface area contributed by atoms with Crippen molar-refractivity contribution in [3.8, 4) is 0 Å². The van der Waals surface area contributed by atoms with Crippen LogP contribution < -0.4 is 0 Å². The average Bonchev–Trinajstić information content (AvgIpc) is 1.98. The van der Waals surface area contributed by atoms with Crippen LogP contribution in [0.25, 0.3) is 0 Å². The number of aliphatic hydroxyl groups excluding tert-OH is 3. The van der Waals surface area contributed by atoms with Gasteiger partial charge in [0, 0.05) is 0 Å². The van der Waals surface area contributed by atoms with Crippen molar-refractivity contribution in [1.82, 2.24) is 0 Å². The summed E-state index contributed by atoms with van der Waals surface area (Å²) in [6.07, 6.45) is -1.62. The van der Waals surface area contributed by atoms with E-state index in [0.717, 1.165) is 0 Å². The summed E-state index contributed by atoms with van der Waals surface area (Å²) in [4.78, 5) is 0. The molecule has 3 N–H and O–H groups in total. The molecule has 0 saturated heterocycles. The van der Waals surface area contributed by atoms with Gasteiger partial charge in [0.05, 0.1) is 27.2 Å². The first-order chi connectivity index (χ1) is 6.25. The van der Waals surface area contributed by atoms with Crippen LogP contribution in [0, 0.1) is 5.92 Å². The molecule has 1 rings (SSSR count). The summed E-state index contributed by atoms with van der Waals surface area (Å²) in [5.74, 6) is 0.0377. The number of hydrogen-bond acceptors (Lipinski definition) is 3. The van der Waals surface area contributed by atoms with Gasteiger partial charge in [-0.25, -0.2) is 0 Å². The van der Waals surface area contributed by atoms with Crippen molar-refractivity contribution in [3.05, 3.63) is 0 Å². The molecule has 84 valence electrons. The van der Waals surface area contributed by atoms with Crippen LogP contribution in [0.4, 0.5) is 0 Å². The Kier molecular flexibility index (Phi) is 3.21. The largest absolute Gasteiger partial charge is 0.390 e. The van der Waals surface area contributed by atoms with Gasteiger partial charge in [-0.2, -0.15) is 0 Å². The van der Waals surface area contributed by atoms with E-state index in [1.54, 1.807) is 0 Å². The molecule has 1 aliphatic carbocycles. The molecule has 1 saturated carbocycles. The van der Waals surface area contributed by atoms with E-state index in [1.807, 2.05) is 28.1 Å². The van der Waals surface area contributed by atoms with E-state index in [0.29, 0.717) is 10.9 Å². The number of nitrogens with zero attached hydrogens (tertiary/aromatic N) is 1. The molecule has 0 aliphatic heterocycles. The van der Waals surface area contributed by atoms with Gasteiger partial charge in [-0.1, -0.05) is 6.92 Å². The van der Waals surface area contributed by atoms with Crippen molar-refractivity contribution >= 4 is 0 Å². The number of rotatable bonds is 1. The summed E-state index contributed by atoms with van der Waals surface area (Å²) < 4.78 is 0.462. The summed E-state index contributed by atoms with van der Waals surface area (Å²) in [5, 5.41) is 29.4. The molecule has 0 radical (unpaired) electrons. The van der Waals surface area contributed by atoms with E-state index in [1.165, 1.54) is 0 Å². The van der Waals surface area contributed by atoms with Crippen molar-refractivity contribution < 1.29 is 19.8 Å². The van der Waals surface area contributed by atoms with Crippen LogP contribution in [0.3, 0.4) is 0 Å². The fourth-order valence-electron chi connectivity index (χ4n) is 2.34. The maximum Gasteiger partial charge on any atom is 0.144 e. The van der Waals surface area contributed by atoms with Gasteiger partial charge in [-0.05, 0) is 12.3 Å². The summed E-state index contributed by atoms with van der Waals surface area (Å²) in [6, 6.07) is -0.311. The standard InChI is InChI=1S/C10H22NO3/c1-6-5-7(12)10(14)8(9(6)13)11(2,3)4/h6-10,12-14H,5H2,1-4H3/q+1/t6?,7?,8?,9-,10?/m1/s1. The Bertz CT molecular complexity index is 188. The van der Waals surface area contributed by atoms with Crippen LogP contribution in [-0.2, 0) is 0 Å². The number of likely N-dealkylation sites (N-methyl/N-ethyl adjacent to an activating group) is 1. The molecule has 0 aromatic heterocycles. The monoisotopic (exact) mass is 204 g/mol. The lowest BCUT2D eigenvalue weighted by atomic mass is 9.79. The van der Waals surface area contributed by atoms with Crippen LogP contribution in [0.5, 0.6) is 0 Å². The minimum Gasteiger partial charge on any atom is -0.390 e. The van der Waals surface area contributed by atoms with Crippen LogP contribution >= 0.6 is 0 Å². The second-order valence-electron chi connectivity index (χ2n) is 5.37. The molecule has 1 fully saturated rings. The van der Waals surface area contributed by atoms with Gasteiger partial charge in [0.25, 0.3) is 0 Å². The van der Waals surface area contributed by atoms with Crippen molar-refractivity contribution in [3.63, 3.8) is 0 Å². The highest BCUT2D eigenvalue weighted by Gasteiger charge is 2.47. The third-order valence-corrected chi connectivity index (χ3v) is 3.18. The molecular weight excluding hydrogens is 182 g/mol. The van der Waals surface area contributed by atoms with Gasteiger partial charge in [0.1, 0.15) is 18.2 Å². The Balaban J connectivity index is 2.88. The van der Waals surface area contributed by atoms with E-state index in [2.05, 4.69) is 0 Å². The van der Waals surface area contributed by atoms with Crippen LogP contribution in [-0.4, -0.2) is 65.3 Å². The lowest BCUT2D eigenvalue weighted by molar-refractivity contribution is -0.905. The first kappa shape index (κ1) is 11.9. The minimum absolute atomic E-state index is 0.0377. The first-order valence-corrected chi connectivity index (χ1v) is 5.10. The first-order valence-electron chi connectivity index (χ1n) is 5.10. The van der Waals surface area contributed by atoms with Crippen molar-refractivity contribution in [2.24, 2.45) is 5.92 Å². The number of quaternary nitrogens is 1. The van der Waals surface area contributed by atoms with Crippen LogP contribution in [0.2, 0.25) is 0 Å². The number of hydrogen-bond donors (Lipinski definition) is 3. The molecule has 5 atom stereocenters. The molecule has 4 nitrogen and oxygen atoms in total. The maximum atomic E-state index is 9.97. The summed E-state index contributed by atoms with van der Waals surface area (Å²) in [6.45, 7) is 1.91. The normalized spacial score (nSPS) is 45.2. The Morgan fingerprint density at radius 1 is 1.00 bits per heavy atom. The predicted octanol–water partition coefficient (Wildman–Crippen LogP) is -0.816. The van der Waals surface area contributed by atoms with E-state index in [-0.39, 0.29) is 12.0 Å². The Labute approximate surface area is 85.4 Å². The SMILES string of the molecule is CC1CC(O)C(O)C([N+](C)(C)C)[C@@H]1O. The Morgan fingerprint density at radius 3 is 1.93 bits per heavy atom. The van der Waals surface area contributed by atoms with Crippen LogP contribution in [0.1, 0.15) is 13.3 Å². The molecule has 0 aromatic rings. The van der Waals surface area contributed by atoms with Crippen molar-refractivity contribution in [2.45, 2.75) is 37.7 Å².